The SMILES string of the molecule is CCCNc1nc(CC)nc(N2CCC(C)C2CO)c1C. The summed E-state index contributed by atoms with van der Waals surface area (Å²) in [6.45, 7) is 10.6. The van der Waals surface area contributed by atoms with Crippen molar-refractivity contribution in [1.82, 2.24) is 9.97 Å². The van der Waals surface area contributed by atoms with Gasteiger partial charge in [-0.15, -0.1) is 0 Å². The Bertz CT molecular complexity index is 478. The van der Waals surface area contributed by atoms with Gasteiger partial charge in [-0.2, -0.15) is 0 Å². The van der Waals surface area contributed by atoms with Crippen LogP contribution in [0.1, 0.15) is 45.0 Å². The Morgan fingerprint density at radius 3 is 2.71 bits per heavy atom. The molecule has 1 saturated heterocycles. The molecule has 118 valence electrons. The van der Waals surface area contributed by atoms with Crippen LogP contribution in [0, 0.1) is 12.8 Å². The first-order valence-corrected chi connectivity index (χ1v) is 8.11. The minimum atomic E-state index is 0.169. The lowest BCUT2D eigenvalue weighted by molar-refractivity contribution is 0.244. The topological polar surface area (TPSA) is 61.3 Å². The number of aliphatic hydroxyl groups excluding tert-OH is 1. The zero-order valence-corrected chi connectivity index (χ0v) is 13.7. The third-order valence-corrected chi connectivity index (χ3v) is 4.37. The molecule has 0 saturated carbocycles. The molecule has 0 aromatic carbocycles. The lowest BCUT2D eigenvalue weighted by Crippen LogP contribution is -2.36. The van der Waals surface area contributed by atoms with Gasteiger partial charge in [0.25, 0.3) is 0 Å². The van der Waals surface area contributed by atoms with Crippen LogP contribution in [0.3, 0.4) is 0 Å². The van der Waals surface area contributed by atoms with E-state index < -0.39 is 0 Å². The van der Waals surface area contributed by atoms with E-state index >= 15 is 0 Å². The van der Waals surface area contributed by atoms with Gasteiger partial charge in [-0.3, -0.25) is 0 Å². The molecule has 0 bridgehead atoms. The van der Waals surface area contributed by atoms with Crippen molar-refractivity contribution in [2.75, 3.05) is 29.9 Å². The van der Waals surface area contributed by atoms with Crippen molar-refractivity contribution in [2.24, 2.45) is 5.92 Å². The maximum absolute atomic E-state index is 9.70. The number of aryl methyl sites for hydroxylation is 1. The molecule has 0 aliphatic carbocycles. The lowest BCUT2D eigenvalue weighted by atomic mass is 10.0. The van der Waals surface area contributed by atoms with E-state index in [9.17, 15) is 5.11 Å². The quantitative estimate of drug-likeness (QED) is 0.843. The number of hydrogen-bond acceptors (Lipinski definition) is 5. The van der Waals surface area contributed by atoms with Crippen LogP contribution in [0.15, 0.2) is 0 Å². The Morgan fingerprint density at radius 2 is 2.10 bits per heavy atom. The van der Waals surface area contributed by atoms with Crippen LogP contribution in [0.4, 0.5) is 11.6 Å². The van der Waals surface area contributed by atoms with Gasteiger partial charge in [-0.25, -0.2) is 9.97 Å². The number of rotatable bonds is 6. The Balaban J connectivity index is 2.37. The van der Waals surface area contributed by atoms with E-state index in [0.29, 0.717) is 5.92 Å². The van der Waals surface area contributed by atoms with Gasteiger partial charge in [0.15, 0.2) is 0 Å². The molecule has 1 aromatic heterocycles. The maximum Gasteiger partial charge on any atom is 0.137 e. The van der Waals surface area contributed by atoms with Gasteiger partial charge in [0.2, 0.25) is 0 Å². The minimum Gasteiger partial charge on any atom is -0.394 e. The monoisotopic (exact) mass is 292 g/mol. The van der Waals surface area contributed by atoms with Crippen LogP contribution in [0.2, 0.25) is 0 Å². The van der Waals surface area contributed by atoms with Crippen molar-refractivity contribution in [2.45, 2.75) is 53.0 Å². The fourth-order valence-electron chi connectivity index (χ4n) is 2.95. The molecule has 0 spiro atoms. The van der Waals surface area contributed by atoms with Crippen molar-refractivity contribution in [3.63, 3.8) is 0 Å². The summed E-state index contributed by atoms with van der Waals surface area (Å²) in [6.07, 6.45) is 3.00. The van der Waals surface area contributed by atoms with Crippen molar-refractivity contribution >= 4 is 11.6 Å². The normalized spacial score (nSPS) is 21.9. The van der Waals surface area contributed by atoms with Gasteiger partial charge >= 0.3 is 0 Å². The van der Waals surface area contributed by atoms with Gasteiger partial charge in [-0.05, 0) is 25.7 Å². The molecule has 5 nitrogen and oxygen atoms in total. The molecule has 5 heteroatoms. The summed E-state index contributed by atoms with van der Waals surface area (Å²) in [6, 6.07) is 0.169. The molecule has 1 aliphatic heterocycles. The second-order valence-corrected chi connectivity index (χ2v) is 5.93. The van der Waals surface area contributed by atoms with Crippen LogP contribution in [-0.4, -0.2) is 40.8 Å². The Labute approximate surface area is 127 Å². The van der Waals surface area contributed by atoms with Crippen LogP contribution in [0.25, 0.3) is 0 Å². The zero-order valence-electron chi connectivity index (χ0n) is 13.7. The largest absolute Gasteiger partial charge is 0.394 e. The third-order valence-electron chi connectivity index (χ3n) is 4.37. The molecule has 2 heterocycles. The number of aliphatic hydroxyl groups is 1. The molecule has 21 heavy (non-hydrogen) atoms. The first kappa shape index (κ1) is 16.0. The van der Waals surface area contributed by atoms with E-state index in [1.807, 2.05) is 0 Å². The highest BCUT2D eigenvalue weighted by molar-refractivity contribution is 5.59. The van der Waals surface area contributed by atoms with Gasteiger partial charge < -0.3 is 15.3 Å². The average molecular weight is 292 g/mol. The third kappa shape index (κ3) is 3.28. The first-order valence-electron chi connectivity index (χ1n) is 8.11. The maximum atomic E-state index is 9.70. The van der Waals surface area contributed by atoms with Gasteiger partial charge in [-0.1, -0.05) is 20.8 Å². The second kappa shape index (κ2) is 7.07. The summed E-state index contributed by atoms with van der Waals surface area (Å²) in [5.41, 5.74) is 1.09. The van der Waals surface area contributed by atoms with E-state index in [1.54, 1.807) is 0 Å². The Hall–Kier alpha value is -1.36. The van der Waals surface area contributed by atoms with Gasteiger partial charge in [0, 0.05) is 25.1 Å². The van der Waals surface area contributed by atoms with E-state index in [-0.39, 0.29) is 12.6 Å². The molecule has 1 fully saturated rings. The average Bonchev–Trinajstić information content (AvgIpc) is 2.87. The summed E-state index contributed by atoms with van der Waals surface area (Å²) < 4.78 is 0. The summed E-state index contributed by atoms with van der Waals surface area (Å²) >= 11 is 0. The molecular weight excluding hydrogens is 264 g/mol. The number of aromatic nitrogens is 2. The van der Waals surface area contributed by atoms with Crippen LogP contribution in [-0.2, 0) is 6.42 Å². The number of nitrogens with zero attached hydrogens (tertiary/aromatic N) is 3. The smallest absolute Gasteiger partial charge is 0.137 e. The lowest BCUT2D eigenvalue weighted by Gasteiger charge is -2.28. The van der Waals surface area contributed by atoms with Gasteiger partial charge in [0.05, 0.1) is 12.6 Å². The Morgan fingerprint density at radius 1 is 1.33 bits per heavy atom. The second-order valence-electron chi connectivity index (χ2n) is 5.93. The minimum absolute atomic E-state index is 0.169. The molecule has 2 atom stereocenters. The molecular formula is C16H28N4O. The fraction of sp³-hybridized carbons (Fsp3) is 0.750. The number of hydrogen-bond donors (Lipinski definition) is 2. The van der Waals surface area contributed by atoms with Crippen LogP contribution in [0.5, 0.6) is 0 Å². The van der Waals surface area contributed by atoms with Crippen LogP contribution < -0.4 is 10.2 Å². The molecule has 2 unspecified atom stereocenters. The standard InChI is InChI=1S/C16H28N4O/c1-5-8-17-15-12(4)16(19-14(6-2)18-15)20-9-7-11(3)13(20)10-21/h11,13,21H,5-10H2,1-4H3,(H,17,18,19). The first-order chi connectivity index (χ1) is 10.1. The molecule has 1 aromatic rings. The Kier molecular flexibility index (Phi) is 5.39. The van der Waals surface area contributed by atoms with Gasteiger partial charge in [0.1, 0.15) is 17.5 Å². The van der Waals surface area contributed by atoms with Crippen molar-refractivity contribution < 1.29 is 5.11 Å². The molecule has 2 N–H and O–H groups in total. The predicted molar refractivity (Wildman–Crippen MR) is 86.9 cm³/mol. The molecule has 1 aliphatic rings. The van der Waals surface area contributed by atoms with Crippen molar-refractivity contribution in [3.05, 3.63) is 11.4 Å². The van der Waals surface area contributed by atoms with E-state index in [4.69, 9.17) is 4.98 Å². The van der Waals surface area contributed by atoms with E-state index in [2.05, 4.69) is 42.9 Å². The van der Waals surface area contributed by atoms with Crippen molar-refractivity contribution in [3.8, 4) is 0 Å². The summed E-state index contributed by atoms with van der Waals surface area (Å²) in [5, 5.41) is 13.1. The summed E-state index contributed by atoms with van der Waals surface area (Å²) in [4.78, 5) is 11.6. The molecule has 0 radical (unpaired) electrons. The van der Waals surface area contributed by atoms with Crippen molar-refractivity contribution in [1.29, 1.82) is 0 Å². The number of anilines is 2. The highest BCUT2D eigenvalue weighted by Gasteiger charge is 2.33. The fourth-order valence-corrected chi connectivity index (χ4v) is 2.95. The van der Waals surface area contributed by atoms with E-state index in [1.165, 1.54) is 0 Å². The molecule has 2 rings (SSSR count). The summed E-state index contributed by atoms with van der Waals surface area (Å²) in [5.74, 6) is 3.30. The highest BCUT2D eigenvalue weighted by Crippen LogP contribution is 2.32. The predicted octanol–water partition coefficient (Wildman–Crippen LogP) is 2.38. The van der Waals surface area contributed by atoms with Crippen LogP contribution >= 0.6 is 0 Å². The number of nitrogens with one attached hydrogen (secondary N) is 1. The van der Waals surface area contributed by atoms with E-state index in [0.717, 1.165) is 55.4 Å². The zero-order chi connectivity index (χ0) is 15.4. The highest BCUT2D eigenvalue weighted by atomic mass is 16.3. The summed E-state index contributed by atoms with van der Waals surface area (Å²) in [7, 11) is 0. The molecule has 0 amide bonds.